The molecule has 1 unspecified atom stereocenters. The Hall–Kier alpha value is -1.29. The first kappa shape index (κ1) is 39.7. The van der Waals surface area contributed by atoms with Crippen LogP contribution in [0.15, 0.2) is 12.2 Å². The average Bonchev–Trinajstić information content (AvgIpc) is 2.95. The molecule has 10 nitrogen and oxygen atoms in total. The van der Waals surface area contributed by atoms with Gasteiger partial charge in [0, 0.05) is 12.8 Å². The van der Waals surface area contributed by atoms with E-state index in [9.17, 15) is 24.2 Å². The molecule has 0 aromatic carbocycles. The van der Waals surface area contributed by atoms with Gasteiger partial charge in [-0.25, -0.2) is 4.57 Å². The fourth-order valence-electron chi connectivity index (χ4n) is 3.99. The van der Waals surface area contributed by atoms with Gasteiger partial charge in [0.2, 0.25) is 0 Å². The zero-order chi connectivity index (χ0) is 30.6. The Labute approximate surface area is 247 Å². The number of aliphatic hydroxyl groups is 2. The third-order valence-electron chi connectivity index (χ3n) is 6.43. The van der Waals surface area contributed by atoms with E-state index < -0.39 is 51.8 Å². The number of carbonyl (C=O) groups excluding carboxylic acids is 2. The summed E-state index contributed by atoms with van der Waals surface area (Å²) in [7, 11) is -4.59. The number of aliphatic hydroxyl groups excluding tert-OH is 2. The van der Waals surface area contributed by atoms with Crippen molar-refractivity contribution in [3.63, 3.8) is 0 Å². The Morgan fingerprint density at radius 3 is 1.85 bits per heavy atom. The van der Waals surface area contributed by atoms with Crippen LogP contribution in [0.5, 0.6) is 0 Å². The summed E-state index contributed by atoms with van der Waals surface area (Å²) in [4.78, 5) is 34.4. The van der Waals surface area contributed by atoms with Gasteiger partial charge in [0.05, 0.1) is 19.8 Å². The summed E-state index contributed by atoms with van der Waals surface area (Å²) in [6.07, 6.45) is 19.3. The SMILES string of the molecule is CC/C=C\CCCCCCCCCC(=O)O[C@H](COC(=O)CCCCCCCCC)COP(=O)(O)OC[C@@H](O)CO. The van der Waals surface area contributed by atoms with Crippen LogP contribution in [0, 0.1) is 0 Å². The number of rotatable bonds is 29. The second kappa shape index (κ2) is 27.5. The summed E-state index contributed by atoms with van der Waals surface area (Å²) in [5.74, 6) is -0.940. The van der Waals surface area contributed by atoms with Gasteiger partial charge >= 0.3 is 19.8 Å². The zero-order valence-electron chi connectivity index (χ0n) is 25.5. The summed E-state index contributed by atoms with van der Waals surface area (Å²) < 4.78 is 32.3. The van der Waals surface area contributed by atoms with E-state index in [0.717, 1.165) is 51.4 Å². The monoisotopic (exact) mass is 608 g/mol. The molecule has 3 atom stereocenters. The lowest BCUT2D eigenvalue weighted by Gasteiger charge is -2.20. The molecule has 0 heterocycles. The van der Waals surface area contributed by atoms with Gasteiger partial charge in [-0.3, -0.25) is 18.6 Å². The predicted octanol–water partition coefficient (Wildman–Crippen LogP) is 6.55. The van der Waals surface area contributed by atoms with Gasteiger partial charge in [0.15, 0.2) is 6.10 Å². The maximum absolute atomic E-state index is 12.4. The molecule has 0 radical (unpaired) electrons. The van der Waals surface area contributed by atoms with Crippen LogP contribution >= 0.6 is 7.82 Å². The Morgan fingerprint density at radius 2 is 1.27 bits per heavy atom. The topological polar surface area (TPSA) is 149 Å². The molecule has 0 fully saturated rings. The summed E-state index contributed by atoms with van der Waals surface area (Å²) in [5, 5.41) is 18.1. The normalized spacial score (nSPS) is 14.6. The average molecular weight is 609 g/mol. The van der Waals surface area contributed by atoms with Gasteiger partial charge in [-0.1, -0.05) is 96.6 Å². The van der Waals surface area contributed by atoms with Crippen LogP contribution in [0.2, 0.25) is 0 Å². The molecular weight excluding hydrogens is 551 g/mol. The molecule has 0 amide bonds. The molecular formula is C30H57O10P. The second-order valence-electron chi connectivity index (χ2n) is 10.5. The Kier molecular flexibility index (Phi) is 26.7. The third-order valence-corrected chi connectivity index (χ3v) is 7.38. The maximum atomic E-state index is 12.4. The van der Waals surface area contributed by atoms with E-state index >= 15 is 0 Å². The second-order valence-corrected chi connectivity index (χ2v) is 11.9. The van der Waals surface area contributed by atoms with Crippen LogP contribution < -0.4 is 0 Å². The minimum atomic E-state index is -4.59. The molecule has 0 spiro atoms. The van der Waals surface area contributed by atoms with Gasteiger partial charge in [0.1, 0.15) is 12.7 Å². The lowest BCUT2D eigenvalue weighted by Crippen LogP contribution is -2.29. The van der Waals surface area contributed by atoms with Crippen molar-refractivity contribution in [2.75, 3.05) is 26.4 Å². The number of allylic oxidation sites excluding steroid dienone is 2. The van der Waals surface area contributed by atoms with Crippen molar-refractivity contribution in [1.29, 1.82) is 0 Å². The molecule has 0 rings (SSSR count). The summed E-state index contributed by atoms with van der Waals surface area (Å²) in [6, 6.07) is 0. The number of phosphoric acid groups is 1. The Morgan fingerprint density at radius 1 is 0.732 bits per heavy atom. The van der Waals surface area contributed by atoms with E-state index in [1.165, 1.54) is 38.5 Å². The van der Waals surface area contributed by atoms with Crippen molar-refractivity contribution < 1.29 is 47.8 Å². The van der Waals surface area contributed by atoms with Gasteiger partial charge in [-0.15, -0.1) is 0 Å². The Balaban J connectivity index is 4.47. The number of hydrogen-bond acceptors (Lipinski definition) is 9. The fourth-order valence-corrected chi connectivity index (χ4v) is 4.78. The molecule has 11 heteroatoms. The van der Waals surface area contributed by atoms with E-state index in [1.54, 1.807) is 0 Å². The predicted molar refractivity (Wildman–Crippen MR) is 159 cm³/mol. The molecule has 242 valence electrons. The number of hydrogen-bond donors (Lipinski definition) is 3. The van der Waals surface area contributed by atoms with E-state index in [0.29, 0.717) is 12.8 Å². The molecule has 0 bridgehead atoms. The van der Waals surface area contributed by atoms with Crippen molar-refractivity contribution >= 4 is 19.8 Å². The van der Waals surface area contributed by atoms with Crippen molar-refractivity contribution in [3.05, 3.63) is 12.2 Å². The first-order valence-electron chi connectivity index (χ1n) is 15.6. The molecule has 0 aromatic heterocycles. The fraction of sp³-hybridized carbons (Fsp3) is 0.867. The van der Waals surface area contributed by atoms with E-state index in [4.69, 9.17) is 19.1 Å². The van der Waals surface area contributed by atoms with E-state index in [1.807, 2.05) is 0 Å². The molecule has 0 aliphatic rings. The first-order chi connectivity index (χ1) is 19.7. The first-order valence-corrected chi connectivity index (χ1v) is 17.1. The highest BCUT2D eigenvalue weighted by Crippen LogP contribution is 2.43. The number of ether oxygens (including phenoxy) is 2. The van der Waals surface area contributed by atoms with E-state index in [2.05, 4.69) is 30.5 Å². The minimum Gasteiger partial charge on any atom is -0.462 e. The van der Waals surface area contributed by atoms with Crippen LogP contribution in [0.4, 0.5) is 0 Å². The van der Waals surface area contributed by atoms with Crippen molar-refractivity contribution in [3.8, 4) is 0 Å². The number of esters is 2. The molecule has 0 aliphatic carbocycles. The maximum Gasteiger partial charge on any atom is 0.472 e. The van der Waals surface area contributed by atoms with Crippen molar-refractivity contribution in [2.45, 2.75) is 142 Å². The molecule has 3 N–H and O–H groups in total. The van der Waals surface area contributed by atoms with Crippen LogP contribution in [0.3, 0.4) is 0 Å². The van der Waals surface area contributed by atoms with Gasteiger partial charge < -0.3 is 24.6 Å². The smallest absolute Gasteiger partial charge is 0.462 e. The zero-order valence-corrected chi connectivity index (χ0v) is 26.4. The summed E-state index contributed by atoms with van der Waals surface area (Å²) in [6.45, 7) is 2.19. The molecule has 0 aromatic rings. The highest BCUT2D eigenvalue weighted by molar-refractivity contribution is 7.47. The van der Waals surface area contributed by atoms with Crippen LogP contribution in [0.25, 0.3) is 0 Å². The number of carbonyl (C=O) groups is 2. The van der Waals surface area contributed by atoms with Gasteiger partial charge in [0.25, 0.3) is 0 Å². The highest BCUT2D eigenvalue weighted by atomic mass is 31.2. The molecule has 0 aliphatic heterocycles. The van der Waals surface area contributed by atoms with Gasteiger partial charge in [-0.2, -0.15) is 0 Å². The highest BCUT2D eigenvalue weighted by Gasteiger charge is 2.27. The van der Waals surface area contributed by atoms with Crippen molar-refractivity contribution in [2.24, 2.45) is 0 Å². The summed E-state index contributed by atoms with van der Waals surface area (Å²) in [5.41, 5.74) is 0. The van der Waals surface area contributed by atoms with Crippen molar-refractivity contribution in [1.82, 2.24) is 0 Å². The van der Waals surface area contributed by atoms with Crippen LogP contribution in [-0.2, 0) is 32.7 Å². The molecule has 0 saturated carbocycles. The Bertz CT molecular complexity index is 715. The van der Waals surface area contributed by atoms with E-state index in [-0.39, 0.29) is 19.4 Å². The minimum absolute atomic E-state index is 0.181. The lowest BCUT2D eigenvalue weighted by atomic mass is 10.1. The molecule has 0 saturated heterocycles. The lowest BCUT2D eigenvalue weighted by molar-refractivity contribution is -0.161. The standard InChI is InChI=1S/C30H57O10P/c1-3-5-7-9-11-12-13-14-16-18-20-22-30(34)40-28(26-39-41(35,36)38-24-27(32)23-31)25-37-29(33)21-19-17-15-10-8-6-4-2/h5,7,27-28,31-32H,3-4,6,8-26H2,1-2H3,(H,35,36)/b7-5-/t27-,28+/m0/s1. The number of unbranched alkanes of at least 4 members (excludes halogenated alkanes) is 13. The van der Waals surface area contributed by atoms with Crippen LogP contribution in [0.1, 0.15) is 129 Å². The largest absolute Gasteiger partial charge is 0.472 e. The van der Waals surface area contributed by atoms with Gasteiger partial charge in [-0.05, 0) is 32.1 Å². The van der Waals surface area contributed by atoms with Crippen LogP contribution in [-0.4, -0.2) is 65.7 Å². The summed E-state index contributed by atoms with van der Waals surface area (Å²) >= 11 is 0. The molecule has 41 heavy (non-hydrogen) atoms. The quantitative estimate of drug-likeness (QED) is 0.0369. The third kappa shape index (κ3) is 27.3. The number of phosphoric ester groups is 1.